The Bertz CT molecular complexity index is 894. The zero-order chi connectivity index (χ0) is 20.5. The van der Waals surface area contributed by atoms with E-state index in [0.717, 1.165) is 0 Å². The molecule has 0 bridgehead atoms. The first kappa shape index (κ1) is 19.8. The summed E-state index contributed by atoms with van der Waals surface area (Å²) in [5.41, 5.74) is 6.84. The van der Waals surface area contributed by atoms with Gasteiger partial charge in [-0.3, -0.25) is 14.5 Å². The van der Waals surface area contributed by atoms with Crippen LogP contribution in [0.25, 0.3) is 0 Å². The van der Waals surface area contributed by atoms with Crippen molar-refractivity contribution in [3.8, 4) is 0 Å². The summed E-state index contributed by atoms with van der Waals surface area (Å²) in [4.78, 5) is 28.3. The van der Waals surface area contributed by atoms with E-state index in [9.17, 15) is 14.0 Å². The maximum Gasteiger partial charge on any atom is 0.326 e. The third kappa shape index (κ3) is 4.14. The van der Waals surface area contributed by atoms with Crippen molar-refractivity contribution in [1.29, 1.82) is 0 Å². The molecule has 0 saturated heterocycles. The van der Waals surface area contributed by atoms with Crippen molar-refractivity contribution in [3.63, 3.8) is 0 Å². The summed E-state index contributed by atoms with van der Waals surface area (Å²) in [6.45, 7) is 5.09. The van der Waals surface area contributed by atoms with Crippen LogP contribution in [-0.2, 0) is 14.3 Å². The van der Waals surface area contributed by atoms with Crippen molar-refractivity contribution in [2.24, 2.45) is 5.73 Å². The van der Waals surface area contributed by atoms with E-state index >= 15 is 0 Å². The van der Waals surface area contributed by atoms with Gasteiger partial charge >= 0.3 is 5.97 Å². The smallest absolute Gasteiger partial charge is 0.326 e. The topological polar surface area (TPSA) is 75.9 Å². The highest BCUT2D eigenvalue weighted by atomic mass is 19.1. The minimum atomic E-state index is -0.936. The Kier molecular flexibility index (Phi) is 5.38. The first-order chi connectivity index (χ1) is 13.2. The van der Waals surface area contributed by atoms with Crippen LogP contribution in [-0.4, -0.2) is 36.6 Å². The number of hydrogen-bond acceptors (Lipinski definition) is 5. The molecule has 0 fully saturated rings. The number of rotatable bonds is 3. The Morgan fingerprint density at radius 3 is 2.29 bits per heavy atom. The van der Waals surface area contributed by atoms with E-state index in [2.05, 4.69) is 0 Å². The molecule has 0 aliphatic carbocycles. The van der Waals surface area contributed by atoms with E-state index in [-0.39, 0.29) is 13.1 Å². The van der Waals surface area contributed by atoms with Crippen molar-refractivity contribution < 1.29 is 18.7 Å². The van der Waals surface area contributed by atoms with Crippen LogP contribution in [0.5, 0.6) is 0 Å². The van der Waals surface area contributed by atoms with Gasteiger partial charge in [-0.05, 0) is 45.0 Å². The van der Waals surface area contributed by atoms with E-state index in [1.165, 1.54) is 11.0 Å². The van der Waals surface area contributed by atoms with Crippen LogP contribution >= 0.6 is 0 Å². The highest BCUT2D eigenvalue weighted by Crippen LogP contribution is 2.38. The van der Waals surface area contributed by atoms with E-state index in [0.29, 0.717) is 17.1 Å². The second kappa shape index (κ2) is 7.59. The second-order valence-corrected chi connectivity index (χ2v) is 7.67. The van der Waals surface area contributed by atoms with Crippen molar-refractivity contribution in [2.45, 2.75) is 32.4 Å². The summed E-state index contributed by atoms with van der Waals surface area (Å²) in [7, 11) is 0. The van der Waals surface area contributed by atoms with Crippen molar-refractivity contribution in [3.05, 3.63) is 54.3 Å². The Labute approximate surface area is 163 Å². The quantitative estimate of drug-likeness (QED) is 0.822. The predicted molar refractivity (Wildman–Crippen MR) is 106 cm³/mol. The molecule has 1 aliphatic heterocycles. The Morgan fingerprint density at radius 2 is 1.68 bits per heavy atom. The molecule has 1 heterocycles. The second-order valence-electron chi connectivity index (χ2n) is 7.67. The first-order valence-corrected chi connectivity index (χ1v) is 9.07. The number of nitrogens with zero attached hydrogens (tertiary/aromatic N) is 2. The molecule has 7 heteroatoms. The molecule has 6 nitrogen and oxygen atoms in total. The summed E-state index contributed by atoms with van der Waals surface area (Å²) in [5, 5.41) is 0. The van der Waals surface area contributed by atoms with E-state index in [4.69, 9.17) is 10.5 Å². The SMILES string of the molecule is CC(C)(C)OC(=O)CN1C(=O)C(N)CN(c2ccccc2F)c2ccccc21. The lowest BCUT2D eigenvalue weighted by Gasteiger charge is -2.27. The summed E-state index contributed by atoms with van der Waals surface area (Å²) < 4.78 is 19.8. The summed E-state index contributed by atoms with van der Waals surface area (Å²) in [6, 6.07) is 12.4. The van der Waals surface area contributed by atoms with Gasteiger partial charge in [0, 0.05) is 6.54 Å². The number of carbonyl (C=O) groups is 2. The molecular weight excluding hydrogens is 361 g/mol. The minimum Gasteiger partial charge on any atom is -0.459 e. The Balaban J connectivity index is 2.04. The molecule has 0 saturated carbocycles. The van der Waals surface area contributed by atoms with E-state index in [1.54, 1.807) is 68.1 Å². The number of hydrogen-bond donors (Lipinski definition) is 1. The molecule has 2 aromatic rings. The van der Waals surface area contributed by atoms with Crippen LogP contribution in [0.4, 0.5) is 21.5 Å². The summed E-state index contributed by atoms with van der Waals surface area (Å²) in [5.74, 6) is -1.38. The van der Waals surface area contributed by atoms with Crippen LogP contribution in [0.1, 0.15) is 20.8 Å². The fourth-order valence-corrected chi connectivity index (χ4v) is 3.18. The minimum absolute atomic E-state index is 0.0849. The van der Waals surface area contributed by atoms with Crippen LogP contribution in [0, 0.1) is 5.82 Å². The zero-order valence-electron chi connectivity index (χ0n) is 16.2. The van der Waals surface area contributed by atoms with Crippen LogP contribution < -0.4 is 15.5 Å². The number of amides is 1. The lowest BCUT2D eigenvalue weighted by atomic mass is 10.2. The summed E-state index contributed by atoms with van der Waals surface area (Å²) >= 11 is 0. The number of halogens is 1. The lowest BCUT2D eigenvalue weighted by molar-refractivity contribution is -0.153. The summed E-state index contributed by atoms with van der Waals surface area (Å²) in [6.07, 6.45) is 0. The van der Waals surface area contributed by atoms with E-state index in [1.807, 2.05) is 0 Å². The highest BCUT2D eigenvalue weighted by molar-refractivity contribution is 6.05. The molecule has 1 atom stereocenters. The van der Waals surface area contributed by atoms with Crippen LogP contribution in [0.2, 0.25) is 0 Å². The standard InChI is InChI=1S/C21H24FN3O3/c1-21(2,3)28-19(26)13-25-18-11-7-6-10-17(18)24(12-15(23)20(25)27)16-9-5-4-8-14(16)22/h4-11,15H,12-13,23H2,1-3H3. The van der Waals surface area contributed by atoms with Crippen molar-refractivity contribution in [1.82, 2.24) is 0 Å². The number of carbonyl (C=O) groups excluding carboxylic acids is 2. The fraction of sp³-hybridized carbons (Fsp3) is 0.333. The largest absolute Gasteiger partial charge is 0.459 e. The van der Waals surface area contributed by atoms with Gasteiger partial charge in [0.1, 0.15) is 24.0 Å². The average Bonchev–Trinajstić information content (AvgIpc) is 2.71. The third-order valence-corrected chi connectivity index (χ3v) is 4.28. The molecular formula is C21H24FN3O3. The number of fused-ring (bicyclic) bond motifs is 1. The van der Waals surface area contributed by atoms with E-state index < -0.39 is 29.3 Å². The average molecular weight is 385 g/mol. The number of benzene rings is 2. The molecule has 0 spiro atoms. The Hall–Kier alpha value is -2.93. The van der Waals surface area contributed by atoms with Gasteiger partial charge in [-0.25, -0.2) is 4.39 Å². The molecule has 1 aliphatic rings. The van der Waals surface area contributed by atoms with Gasteiger partial charge in [0.05, 0.1) is 17.1 Å². The van der Waals surface area contributed by atoms with Crippen LogP contribution in [0.3, 0.4) is 0 Å². The van der Waals surface area contributed by atoms with Gasteiger partial charge in [0.25, 0.3) is 0 Å². The normalized spacial score (nSPS) is 17.2. The zero-order valence-corrected chi connectivity index (χ0v) is 16.2. The Morgan fingerprint density at radius 1 is 1.11 bits per heavy atom. The molecule has 1 unspecified atom stereocenters. The van der Waals surface area contributed by atoms with Crippen molar-refractivity contribution in [2.75, 3.05) is 22.9 Å². The number of nitrogens with two attached hydrogens (primary N) is 1. The van der Waals surface area contributed by atoms with Gasteiger partial charge in [0.15, 0.2) is 0 Å². The molecule has 2 N–H and O–H groups in total. The van der Waals surface area contributed by atoms with Gasteiger partial charge in [-0.15, -0.1) is 0 Å². The number of para-hydroxylation sites is 3. The monoisotopic (exact) mass is 385 g/mol. The number of ether oxygens (including phenoxy) is 1. The van der Waals surface area contributed by atoms with Gasteiger partial charge in [-0.1, -0.05) is 24.3 Å². The number of anilines is 3. The molecule has 0 radical (unpaired) electrons. The molecule has 0 aromatic heterocycles. The molecule has 148 valence electrons. The highest BCUT2D eigenvalue weighted by Gasteiger charge is 2.34. The van der Waals surface area contributed by atoms with Gasteiger partial charge in [-0.2, -0.15) is 0 Å². The van der Waals surface area contributed by atoms with Crippen molar-refractivity contribution >= 4 is 28.9 Å². The molecule has 1 amide bonds. The predicted octanol–water partition coefficient (Wildman–Crippen LogP) is 2.98. The maximum atomic E-state index is 14.5. The lowest BCUT2D eigenvalue weighted by Crippen LogP contribution is -2.48. The maximum absolute atomic E-state index is 14.5. The molecule has 3 rings (SSSR count). The van der Waals surface area contributed by atoms with Crippen LogP contribution in [0.15, 0.2) is 48.5 Å². The van der Waals surface area contributed by atoms with Gasteiger partial charge < -0.3 is 15.4 Å². The fourth-order valence-electron chi connectivity index (χ4n) is 3.18. The first-order valence-electron chi connectivity index (χ1n) is 9.07. The molecule has 2 aromatic carbocycles. The number of esters is 1. The third-order valence-electron chi connectivity index (χ3n) is 4.28. The van der Waals surface area contributed by atoms with Gasteiger partial charge in [0.2, 0.25) is 5.91 Å². The molecule has 28 heavy (non-hydrogen) atoms.